The molecule has 0 amide bonds. The number of nitrogens with one attached hydrogen (secondary N) is 1. The highest BCUT2D eigenvalue weighted by molar-refractivity contribution is 6.30. The van der Waals surface area contributed by atoms with Crippen molar-refractivity contribution < 1.29 is 9.47 Å². The average molecular weight is 290 g/mol. The zero-order valence-corrected chi connectivity index (χ0v) is 13.0. The smallest absolute Gasteiger partial charge is 0.130 e. The molecule has 0 radical (unpaired) electrons. The van der Waals surface area contributed by atoms with Crippen LogP contribution in [-0.4, -0.2) is 49.3 Å². The van der Waals surface area contributed by atoms with Crippen molar-refractivity contribution in [1.82, 2.24) is 15.1 Å². The third kappa shape index (κ3) is 5.10. The molecule has 6 heteroatoms. The van der Waals surface area contributed by atoms with Gasteiger partial charge in [0.2, 0.25) is 0 Å². The predicted octanol–water partition coefficient (Wildman–Crippen LogP) is 1.57. The lowest BCUT2D eigenvalue weighted by Crippen LogP contribution is -2.35. The minimum absolute atomic E-state index is 0.238. The normalized spacial score (nSPS) is 12.9. The van der Waals surface area contributed by atoms with Crippen molar-refractivity contribution in [2.45, 2.75) is 26.3 Å². The molecule has 110 valence electrons. The Morgan fingerprint density at radius 2 is 2.16 bits per heavy atom. The first-order valence-corrected chi connectivity index (χ1v) is 6.96. The summed E-state index contributed by atoms with van der Waals surface area (Å²) in [6, 6.07) is 0.238. The molecule has 19 heavy (non-hydrogen) atoms. The van der Waals surface area contributed by atoms with Gasteiger partial charge in [-0.3, -0.25) is 4.68 Å². The Labute approximate surface area is 120 Å². The van der Waals surface area contributed by atoms with E-state index in [-0.39, 0.29) is 6.04 Å². The number of likely N-dealkylation sites (N-methyl/N-ethyl adjacent to an activating group) is 1. The molecule has 0 aliphatic rings. The molecule has 1 aromatic rings. The fraction of sp³-hybridized carbons (Fsp3) is 0.769. The Morgan fingerprint density at radius 3 is 2.68 bits per heavy atom. The van der Waals surface area contributed by atoms with E-state index in [1.165, 1.54) is 0 Å². The number of nitrogens with zero attached hydrogens (tertiary/aromatic N) is 2. The molecule has 0 spiro atoms. The Bertz CT molecular complexity index is 382. The van der Waals surface area contributed by atoms with Gasteiger partial charge in [0, 0.05) is 25.8 Å². The lowest BCUT2D eigenvalue weighted by atomic mass is 10.1. The van der Waals surface area contributed by atoms with Gasteiger partial charge in [0.15, 0.2) is 0 Å². The van der Waals surface area contributed by atoms with Gasteiger partial charge in [0.05, 0.1) is 25.5 Å². The van der Waals surface area contributed by atoms with Crippen LogP contribution in [0.2, 0.25) is 5.15 Å². The summed E-state index contributed by atoms with van der Waals surface area (Å²) in [6.45, 7) is 6.83. The van der Waals surface area contributed by atoms with Gasteiger partial charge in [0.1, 0.15) is 5.15 Å². The van der Waals surface area contributed by atoms with Crippen molar-refractivity contribution >= 4 is 11.6 Å². The molecule has 0 saturated carbocycles. The summed E-state index contributed by atoms with van der Waals surface area (Å²) >= 11 is 6.25. The predicted molar refractivity (Wildman–Crippen MR) is 76.8 cm³/mol. The van der Waals surface area contributed by atoms with Gasteiger partial charge >= 0.3 is 0 Å². The molecule has 0 saturated heterocycles. The molecular weight excluding hydrogens is 266 g/mol. The van der Waals surface area contributed by atoms with Crippen LogP contribution in [0.1, 0.15) is 18.2 Å². The minimum atomic E-state index is 0.238. The van der Waals surface area contributed by atoms with Crippen LogP contribution in [0.5, 0.6) is 0 Å². The number of aryl methyl sites for hydroxylation is 2. The first-order valence-electron chi connectivity index (χ1n) is 6.58. The Morgan fingerprint density at radius 1 is 1.42 bits per heavy atom. The van der Waals surface area contributed by atoms with Gasteiger partial charge in [0.25, 0.3) is 0 Å². The van der Waals surface area contributed by atoms with E-state index in [1.54, 1.807) is 11.8 Å². The molecule has 0 aromatic carbocycles. The summed E-state index contributed by atoms with van der Waals surface area (Å²) in [4.78, 5) is 0. The van der Waals surface area contributed by atoms with Crippen LogP contribution in [-0.2, 0) is 22.9 Å². The third-order valence-electron chi connectivity index (χ3n) is 2.96. The molecule has 0 bridgehead atoms. The fourth-order valence-electron chi connectivity index (χ4n) is 2.00. The molecule has 0 aliphatic carbocycles. The second kappa shape index (κ2) is 8.53. The van der Waals surface area contributed by atoms with Crippen LogP contribution < -0.4 is 5.32 Å². The van der Waals surface area contributed by atoms with E-state index in [0.29, 0.717) is 25.0 Å². The maximum atomic E-state index is 6.25. The number of halogens is 1. The van der Waals surface area contributed by atoms with Crippen molar-refractivity contribution in [2.75, 3.05) is 33.5 Å². The Hall–Kier alpha value is -0.620. The van der Waals surface area contributed by atoms with E-state index in [1.807, 2.05) is 14.0 Å². The topological polar surface area (TPSA) is 48.3 Å². The summed E-state index contributed by atoms with van der Waals surface area (Å²) in [5.41, 5.74) is 2.07. The first-order chi connectivity index (χ1) is 9.10. The molecule has 1 N–H and O–H groups in total. The lowest BCUT2D eigenvalue weighted by Gasteiger charge is -2.18. The SMILES string of the molecule is CCNC(COCCOC)Cc1c(C)nn(C)c1Cl. The van der Waals surface area contributed by atoms with Gasteiger partial charge in [-0.05, 0) is 19.9 Å². The third-order valence-corrected chi connectivity index (χ3v) is 3.44. The first kappa shape index (κ1) is 16.4. The van der Waals surface area contributed by atoms with Crippen molar-refractivity contribution in [3.63, 3.8) is 0 Å². The zero-order valence-electron chi connectivity index (χ0n) is 12.2. The second-order valence-electron chi connectivity index (χ2n) is 4.50. The molecule has 1 rings (SSSR count). The zero-order chi connectivity index (χ0) is 14.3. The maximum absolute atomic E-state index is 6.25. The molecule has 0 aliphatic heterocycles. The molecule has 5 nitrogen and oxygen atoms in total. The van der Waals surface area contributed by atoms with Crippen molar-refractivity contribution in [1.29, 1.82) is 0 Å². The van der Waals surface area contributed by atoms with Crippen LogP contribution in [0.4, 0.5) is 0 Å². The highest BCUT2D eigenvalue weighted by atomic mass is 35.5. The molecule has 1 aromatic heterocycles. The Balaban J connectivity index is 2.56. The standard InChI is InChI=1S/C13H24ClN3O2/c1-5-15-11(9-19-7-6-18-4)8-12-10(2)16-17(3)13(12)14/h11,15H,5-9H2,1-4H3. The summed E-state index contributed by atoms with van der Waals surface area (Å²) < 4.78 is 12.3. The molecule has 1 atom stereocenters. The van der Waals surface area contributed by atoms with Crippen molar-refractivity contribution in [2.24, 2.45) is 7.05 Å². The van der Waals surface area contributed by atoms with Crippen molar-refractivity contribution in [3.05, 3.63) is 16.4 Å². The number of rotatable bonds is 9. The van der Waals surface area contributed by atoms with E-state index in [9.17, 15) is 0 Å². The lowest BCUT2D eigenvalue weighted by molar-refractivity contribution is 0.0589. The summed E-state index contributed by atoms with van der Waals surface area (Å²) in [5, 5.41) is 8.45. The van der Waals surface area contributed by atoms with E-state index >= 15 is 0 Å². The Kier molecular flexibility index (Phi) is 7.38. The minimum Gasteiger partial charge on any atom is -0.382 e. The van der Waals surface area contributed by atoms with Gasteiger partial charge in [-0.1, -0.05) is 18.5 Å². The van der Waals surface area contributed by atoms with E-state index in [4.69, 9.17) is 21.1 Å². The highest BCUT2D eigenvalue weighted by Gasteiger charge is 2.16. The molecule has 1 unspecified atom stereocenters. The monoisotopic (exact) mass is 289 g/mol. The van der Waals surface area contributed by atoms with Crippen LogP contribution >= 0.6 is 11.6 Å². The van der Waals surface area contributed by atoms with E-state index < -0.39 is 0 Å². The van der Waals surface area contributed by atoms with Gasteiger partial charge in [-0.25, -0.2) is 0 Å². The van der Waals surface area contributed by atoms with Crippen LogP contribution in [0.25, 0.3) is 0 Å². The second-order valence-corrected chi connectivity index (χ2v) is 4.86. The number of methoxy groups -OCH3 is 1. The van der Waals surface area contributed by atoms with Crippen molar-refractivity contribution in [3.8, 4) is 0 Å². The molecule has 1 heterocycles. The molecule has 0 fully saturated rings. The summed E-state index contributed by atoms with van der Waals surface area (Å²) in [5.74, 6) is 0. The van der Waals surface area contributed by atoms with Crippen LogP contribution in [0.15, 0.2) is 0 Å². The number of hydrogen-bond acceptors (Lipinski definition) is 4. The number of hydrogen-bond donors (Lipinski definition) is 1. The molecular formula is C13H24ClN3O2. The highest BCUT2D eigenvalue weighted by Crippen LogP contribution is 2.20. The van der Waals surface area contributed by atoms with Gasteiger partial charge in [-0.2, -0.15) is 5.10 Å². The quantitative estimate of drug-likeness (QED) is 0.701. The fourth-order valence-corrected chi connectivity index (χ4v) is 2.25. The van der Waals surface area contributed by atoms with Crippen LogP contribution in [0, 0.1) is 6.92 Å². The van der Waals surface area contributed by atoms with E-state index in [0.717, 1.165) is 24.2 Å². The van der Waals surface area contributed by atoms with E-state index in [2.05, 4.69) is 17.3 Å². The van der Waals surface area contributed by atoms with Gasteiger partial charge in [-0.15, -0.1) is 0 Å². The average Bonchev–Trinajstić information content (AvgIpc) is 2.61. The number of aromatic nitrogens is 2. The summed E-state index contributed by atoms with van der Waals surface area (Å²) in [7, 11) is 3.53. The summed E-state index contributed by atoms with van der Waals surface area (Å²) in [6.07, 6.45) is 0.819. The van der Waals surface area contributed by atoms with Gasteiger partial charge < -0.3 is 14.8 Å². The van der Waals surface area contributed by atoms with Crippen LogP contribution in [0.3, 0.4) is 0 Å². The largest absolute Gasteiger partial charge is 0.382 e. The maximum Gasteiger partial charge on any atom is 0.130 e. The number of ether oxygens (including phenoxy) is 2.